The molecule has 0 radical (unpaired) electrons. The molecule has 228 valence electrons. The normalized spacial score (nSPS) is 15.5. The van der Waals surface area contributed by atoms with Gasteiger partial charge in [0.15, 0.2) is 11.6 Å². The summed E-state index contributed by atoms with van der Waals surface area (Å²) in [6, 6.07) is 12.3. The Morgan fingerprint density at radius 3 is 2.63 bits per heavy atom. The van der Waals surface area contributed by atoms with Crippen LogP contribution in [0.5, 0.6) is 5.75 Å². The Labute approximate surface area is 261 Å². The number of amides is 1. The van der Waals surface area contributed by atoms with Crippen LogP contribution in [0.3, 0.4) is 0 Å². The van der Waals surface area contributed by atoms with Gasteiger partial charge in [0, 0.05) is 43.3 Å². The van der Waals surface area contributed by atoms with Crippen molar-refractivity contribution >= 4 is 46.3 Å². The lowest BCUT2D eigenvalue weighted by molar-refractivity contribution is 0.0160. The van der Waals surface area contributed by atoms with Crippen LogP contribution in [0.25, 0.3) is 22.3 Å². The van der Waals surface area contributed by atoms with E-state index in [9.17, 15) is 9.18 Å². The molecular formula is C32H36Cl2FN5O3. The van der Waals surface area contributed by atoms with Crippen molar-refractivity contribution in [1.29, 1.82) is 0 Å². The van der Waals surface area contributed by atoms with Crippen LogP contribution >= 0.6 is 23.2 Å². The number of aryl methyl sites for hydroxylation is 1. The Balaban J connectivity index is 1.41. The summed E-state index contributed by atoms with van der Waals surface area (Å²) < 4.78 is 27.0. The first-order chi connectivity index (χ1) is 20.5. The first-order valence-electron chi connectivity index (χ1n) is 14.4. The van der Waals surface area contributed by atoms with E-state index in [-0.39, 0.29) is 17.8 Å². The second kappa shape index (κ2) is 13.0. The average molecular weight is 629 g/mol. The number of methoxy groups -OCH3 is 1. The Morgan fingerprint density at radius 1 is 1.16 bits per heavy atom. The number of fused-ring (bicyclic) bond motifs is 1. The molecule has 0 unspecified atom stereocenters. The number of benzene rings is 2. The smallest absolute Gasteiger partial charge is 0.410 e. The molecular weight excluding hydrogens is 592 g/mol. The van der Waals surface area contributed by atoms with Crippen molar-refractivity contribution < 1.29 is 18.7 Å². The molecule has 1 aliphatic heterocycles. The van der Waals surface area contributed by atoms with Gasteiger partial charge in [-0.3, -0.25) is 0 Å². The lowest BCUT2D eigenvalue weighted by Gasteiger charge is -2.34. The summed E-state index contributed by atoms with van der Waals surface area (Å²) >= 11 is 13.3. The lowest BCUT2D eigenvalue weighted by atomic mass is 9.95. The van der Waals surface area contributed by atoms with Crippen molar-refractivity contribution in [3.63, 3.8) is 0 Å². The summed E-state index contributed by atoms with van der Waals surface area (Å²) in [5.74, 6) is 0.463. The number of piperidine rings is 1. The van der Waals surface area contributed by atoms with Gasteiger partial charge in [0.25, 0.3) is 0 Å². The number of halogens is 3. The Hall–Kier alpha value is -3.56. The molecule has 43 heavy (non-hydrogen) atoms. The maximum atomic E-state index is 14.2. The van der Waals surface area contributed by atoms with E-state index in [0.717, 1.165) is 47.1 Å². The summed E-state index contributed by atoms with van der Waals surface area (Å²) in [6.45, 7) is 7.93. The minimum absolute atomic E-state index is 0.192. The van der Waals surface area contributed by atoms with E-state index in [0.29, 0.717) is 42.2 Å². The number of aromatic nitrogens is 3. The van der Waals surface area contributed by atoms with Gasteiger partial charge in [-0.2, -0.15) is 4.98 Å². The largest absolute Gasteiger partial charge is 0.494 e. The van der Waals surface area contributed by atoms with E-state index < -0.39 is 11.4 Å². The molecule has 1 atom stereocenters. The molecule has 2 aromatic carbocycles. The standard InChI is InChI=1S/C32H36Cl2FN5O3/c1-32(2,3)43-31(41)39-13-6-7-20(19-39)12-14-40-26(28-23(33)8-5-9-24(28)34)16-22-18-37-30(38-29(22)40)36-17-21-10-11-27(42-4)25(35)15-21/h5,8-11,15-16,18,20H,6-7,12-14,17,19H2,1-4H3,(H,36,37,38)/t20-/m0/s1. The van der Waals surface area contributed by atoms with E-state index >= 15 is 0 Å². The molecule has 1 saturated heterocycles. The molecule has 11 heteroatoms. The highest BCUT2D eigenvalue weighted by atomic mass is 35.5. The van der Waals surface area contributed by atoms with Gasteiger partial charge in [-0.15, -0.1) is 0 Å². The fourth-order valence-corrected chi connectivity index (χ4v) is 6.00. The molecule has 0 saturated carbocycles. The third-order valence-corrected chi connectivity index (χ3v) is 8.08. The van der Waals surface area contributed by atoms with Crippen LogP contribution in [-0.4, -0.2) is 51.3 Å². The highest BCUT2D eigenvalue weighted by Crippen LogP contribution is 2.38. The Kier molecular flexibility index (Phi) is 9.32. The Bertz CT molecular complexity index is 1600. The molecule has 1 N–H and O–H groups in total. The molecule has 5 rings (SSSR count). The quantitative estimate of drug-likeness (QED) is 0.212. The maximum Gasteiger partial charge on any atom is 0.410 e. The number of ether oxygens (including phenoxy) is 2. The molecule has 2 aromatic heterocycles. The van der Waals surface area contributed by atoms with Gasteiger partial charge in [0.1, 0.15) is 11.2 Å². The third kappa shape index (κ3) is 7.33. The van der Waals surface area contributed by atoms with Crippen molar-refractivity contribution in [1.82, 2.24) is 19.4 Å². The van der Waals surface area contributed by atoms with E-state index in [2.05, 4.69) is 14.9 Å². The molecule has 1 amide bonds. The molecule has 3 heterocycles. The number of hydrogen-bond acceptors (Lipinski definition) is 6. The Morgan fingerprint density at radius 2 is 1.93 bits per heavy atom. The summed E-state index contributed by atoms with van der Waals surface area (Å²) in [4.78, 5) is 23.9. The highest BCUT2D eigenvalue weighted by Gasteiger charge is 2.28. The van der Waals surface area contributed by atoms with Crippen LogP contribution in [0, 0.1) is 11.7 Å². The first kappa shape index (κ1) is 30.9. The van der Waals surface area contributed by atoms with Crippen LogP contribution in [0.2, 0.25) is 10.0 Å². The summed E-state index contributed by atoms with van der Waals surface area (Å²) in [5.41, 5.74) is 2.49. The van der Waals surface area contributed by atoms with E-state index in [1.54, 1.807) is 18.3 Å². The second-order valence-corrected chi connectivity index (χ2v) is 12.6. The number of likely N-dealkylation sites (tertiary alicyclic amines) is 1. The van der Waals surface area contributed by atoms with Gasteiger partial charge in [-0.25, -0.2) is 14.2 Å². The fourth-order valence-electron chi connectivity index (χ4n) is 5.41. The minimum Gasteiger partial charge on any atom is -0.494 e. The molecule has 0 spiro atoms. The van der Waals surface area contributed by atoms with E-state index in [4.69, 9.17) is 37.7 Å². The zero-order chi connectivity index (χ0) is 30.7. The first-order valence-corrected chi connectivity index (χ1v) is 15.1. The molecule has 0 aliphatic carbocycles. The number of anilines is 1. The average Bonchev–Trinajstić information content (AvgIpc) is 3.31. The fraction of sp³-hybridized carbons (Fsp3) is 0.406. The van der Waals surface area contributed by atoms with Gasteiger partial charge < -0.3 is 24.3 Å². The zero-order valence-electron chi connectivity index (χ0n) is 24.8. The number of nitrogens with one attached hydrogen (secondary N) is 1. The summed E-state index contributed by atoms with van der Waals surface area (Å²) in [7, 11) is 1.43. The van der Waals surface area contributed by atoms with Crippen molar-refractivity contribution in [3.05, 3.63) is 70.1 Å². The van der Waals surface area contributed by atoms with Crippen molar-refractivity contribution in [2.24, 2.45) is 5.92 Å². The topological polar surface area (TPSA) is 81.5 Å². The number of rotatable bonds is 8. The predicted molar refractivity (Wildman–Crippen MR) is 168 cm³/mol. The molecule has 1 fully saturated rings. The third-order valence-electron chi connectivity index (χ3n) is 7.45. The number of hydrogen-bond donors (Lipinski definition) is 1. The minimum atomic E-state index is -0.538. The van der Waals surface area contributed by atoms with E-state index in [1.165, 1.54) is 13.2 Å². The summed E-state index contributed by atoms with van der Waals surface area (Å²) in [6.07, 6.45) is 4.24. The molecule has 4 aromatic rings. The van der Waals surface area contributed by atoms with Crippen LogP contribution < -0.4 is 10.1 Å². The number of carbonyl (C=O) groups is 1. The van der Waals surface area contributed by atoms with Crippen LogP contribution in [0.15, 0.2) is 48.7 Å². The van der Waals surface area contributed by atoms with Gasteiger partial charge in [0.05, 0.1) is 22.8 Å². The van der Waals surface area contributed by atoms with Crippen LogP contribution in [0.1, 0.15) is 45.6 Å². The van der Waals surface area contributed by atoms with Gasteiger partial charge in [0.2, 0.25) is 5.95 Å². The van der Waals surface area contributed by atoms with Gasteiger partial charge in [-0.05, 0) is 81.8 Å². The molecule has 1 aliphatic rings. The van der Waals surface area contributed by atoms with Gasteiger partial charge in [-0.1, -0.05) is 35.3 Å². The summed E-state index contributed by atoms with van der Waals surface area (Å²) in [5, 5.41) is 5.12. The zero-order valence-corrected chi connectivity index (χ0v) is 26.3. The molecule has 8 nitrogen and oxygen atoms in total. The van der Waals surface area contributed by atoms with E-state index in [1.807, 2.05) is 49.9 Å². The van der Waals surface area contributed by atoms with Crippen molar-refractivity contribution in [3.8, 4) is 17.0 Å². The van der Waals surface area contributed by atoms with Crippen molar-refractivity contribution in [2.45, 2.75) is 58.7 Å². The van der Waals surface area contributed by atoms with Crippen LogP contribution in [-0.2, 0) is 17.8 Å². The maximum absolute atomic E-state index is 14.2. The predicted octanol–water partition coefficient (Wildman–Crippen LogP) is 8.20. The van der Waals surface area contributed by atoms with Crippen LogP contribution in [0.4, 0.5) is 15.1 Å². The SMILES string of the molecule is COc1ccc(CNc2ncc3cc(-c4c(Cl)cccc4Cl)n(CC[C@@H]4CCCN(C(=O)OC(C)(C)C)C4)c3n2)cc1F. The number of nitrogens with zero attached hydrogens (tertiary/aromatic N) is 4. The van der Waals surface area contributed by atoms with Crippen molar-refractivity contribution in [2.75, 3.05) is 25.5 Å². The second-order valence-electron chi connectivity index (χ2n) is 11.8. The highest BCUT2D eigenvalue weighted by molar-refractivity contribution is 6.39. The van der Waals surface area contributed by atoms with Gasteiger partial charge >= 0.3 is 6.09 Å². The monoisotopic (exact) mass is 627 g/mol. The lowest BCUT2D eigenvalue weighted by Crippen LogP contribution is -2.43. The number of carbonyl (C=O) groups excluding carboxylic acids is 1. The molecule has 0 bridgehead atoms.